The number of nitrogen functional groups attached to an aromatic ring is 1. The number of hydrogen-bond acceptors (Lipinski definition) is 7. The van der Waals surface area contributed by atoms with Crippen LogP contribution < -0.4 is 15.2 Å². The van der Waals surface area contributed by atoms with E-state index in [1.54, 1.807) is 7.11 Å². The number of fused-ring (bicyclic) bond motifs is 1. The molecule has 1 fully saturated rings. The van der Waals surface area contributed by atoms with Gasteiger partial charge in [0.25, 0.3) is 6.01 Å². The number of imidazole rings is 1. The van der Waals surface area contributed by atoms with Crippen LogP contribution in [0.1, 0.15) is 39.0 Å². The molecule has 1 aliphatic rings. The average Bonchev–Trinajstić information content (AvgIpc) is 3.20. The molecule has 0 bridgehead atoms. The first-order valence-corrected chi connectivity index (χ1v) is 8.55. The first kappa shape index (κ1) is 16.8. The second-order valence-corrected chi connectivity index (χ2v) is 5.94. The Balaban J connectivity index is 1.86. The Kier molecular flexibility index (Phi) is 5.34. The summed E-state index contributed by atoms with van der Waals surface area (Å²) in [5.41, 5.74) is 7.22. The molecule has 0 spiro atoms. The topological polar surface area (TPSA) is 97.3 Å². The van der Waals surface area contributed by atoms with Crippen molar-refractivity contribution < 1.29 is 14.2 Å². The van der Waals surface area contributed by atoms with E-state index in [4.69, 9.17) is 19.9 Å². The number of methoxy groups -OCH3 is 1. The Morgan fingerprint density at radius 2 is 2.21 bits per heavy atom. The van der Waals surface area contributed by atoms with Gasteiger partial charge in [-0.05, 0) is 25.7 Å². The molecule has 0 aromatic carbocycles. The van der Waals surface area contributed by atoms with Crippen LogP contribution in [-0.4, -0.2) is 45.9 Å². The SMILES string of the molecule is CCCCOc1nc(N)c2nc(OC)n(CCC3CCCO3)c2n1. The maximum atomic E-state index is 6.03. The molecule has 3 rings (SSSR count). The minimum absolute atomic E-state index is 0.284. The van der Waals surface area contributed by atoms with Crippen molar-refractivity contribution in [1.82, 2.24) is 19.5 Å². The van der Waals surface area contributed by atoms with Crippen LogP contribution in [0.5, 0.6) is 12.0 Å². The van der Waals surface area contributed by atoms with Crippen molar-refractivity contribution in [2.75, 3.05) is 26.1 Å². The summed E-state index contributed by atoms with van der Waals surface area (Å²) in [4.78, 5) is 13.1. The molecule has 2 aromatic rings. The largest absolute Gasteiger partial charge is 0.468 e. The molecule has 0 radical (unpaired) electrons. The average molecular weight is 335 g/mol. The Bertz CT molecular complexity index is 682. The van der Waals surface area contributed by atoms with E-state index < -0.39 is 0 Å². The molecule has 0 saturated carbocycles. The monoisotopic (exact) mass is 335 g/mol. The van der Waals surface area contributed by atoms with Crippen LogP contribution in [0, 0.1) is 0 Å². The van der Waals surface area contributed by atoms with Crippen molar-refractivity contribution in [2.24, 2.45) is 0 Å². The standard InChI is InChI=1S/C16H25N5O3/c1-3-4-9-24-15-19-13(17)12-14(20-15)21(16(18-12)22-2)8-7-11-6-5-10-23-11/h11H,3-10H2,1-2H3,(H2,17,19,20). The van der Waals surface area contributed by atoms with E-state index in [0.717, 1.165) is 38.7 Å². The van der Waals surface area contributed by atoms with E-state index >= 15 is 0 Å². The van der Waals surface area contributed by atoms with Crippen LogP contribution in [0.2, 0.25) is 0 Å². The molecule has 1 aliphatic heterocycles. The van der Waals surface area contributed by atoms with Gasteiger partial charge in [0.2, 0.25) is 0 Å². The molecule has 24 heavy (non-hydrogen) atoms. The molecule has 132 valence electrons. The van der Waals surface area contributed by atoms with Crippen LogP contribution in [0.4, 0.5) is 5.82 Å². The fourth-order valence-electron chi connectivity index (χ4n) is 2.86. The van der Waals surface area contributed by atoms with Crippen LogP contribution in [0.15, 0.2) is 0 Å². The number of nitrogens with two attached hydrogens (primary N) is 1. The molecule has 1 unspecified atom stereocenters. The fourth-order valence-corrected chi connectivity index (χ4v) is 2.86. The highest BCUT2D eigenvalue weighted by atomic mass is 16.5. The molecule has 2 N–H and O–H groups in total. The second-order valence-electron chi connectivity index (χ2n) is 5.94. The lowest BCUT2D eigenvalue weighted by atomic mass is 10.2. The Hall–Kier alpha value is -2.09. The number of unbranched alkanes of at least 4 members (excludes halogenated alkanes) is 1. The van der Waals surface area contributed by atoms with Crippen molar-refractivity contribution in [2.45, 2.75) is 51.7 Å². The Labute approximate surface area is 141 Å². The smallest absolute Gasteiger partial charge is 0.320 e. The van der Waals surface area contributed by atoms with Crippen molar-refractivity contribution >= 4 is 17.0 Å². The third kappa shape index (κ3) is 3.53. The molecular formula is C16H25N5O3. The minimum atomic E-state index is 0.284. The summed E-state index contributed by atoms with van der Waals surface area (Å²) in [5, 5.41) is 0. The normalized spacial score (nSPS) is 17.5. The highest BCUT2D eigenvalue weighted by molar-refractivity contribution is 5.83. The summed E-state index contributed by atoms with van der Waals surface area (Å²) in [7, 11) is 1.59. The van der Waals surface area contributed by atoms with Crippen LogP contribution in [-0.2, 0) is 11.3 Å². The summed E-state index contributed by atoms with van der Waals surface area (Å²) in [6.45, 7) is 4.22. The maximum absolute atomic E-state index is 6.03. The van der Waals surface area contributed by atoms with Gasteiger partial charge in [0.15, 0.2) is 17.0 Å². The molecular weight excluding hydrogens is 310 g/mol. The van der Waals surface area contributed by atoms with Crippen LogP contribution >= 0.6 is 0 Å². The van der Waals surface area contributed by atoms with Gasteiger partial charge in [-0.25, -0.2) is 0 Å². The quantitative estimate of drug-likeness (QED) is 0.738. The zero-order valence-corrected chi connectivity index (χ0v) is 14.3. The van der Waals surface area contributed by atoms with Gasteiger partial charge in [-0.2, -0.15) is 15.0 Å². The van der Waals surface area contributed by atoms with Crippen molar-refractivity contribution in [3.63, 3.8) is 0 Å². The lowest BCUT2D eigenvalue weighted by molar-refractivity contribution is 0.0999. The van der Waals surface area contributed by atoms with Crippen LogP contribution in [0.25, 0.3) is 11.2 Å². The predicted molar refractivity (Wildman–Crippen MR) is 90.3 cm³/mol. The molecule has 8 nitrogen and oxygen atoms in total. The predicted octanol–water partition coefficient (Wildman–Crippen LogP) is 2.17. The number of ether oxygens (including phenoxy) is 3. The van der Waals surface area contributed by atoms with Gasteiger partial charge in [0.05, 0.1) is 19.8 Å². The van der Waals surface area contributed by atoms with E-state index in [-0.39, 0.29) is 12.1 Å². The van der Waals surface area contributed by atoms with E-state index in [0.29, 0.717) is 36.1 Å². The third-order valence-electron chi connectivity index (χ3n) is 4.18. The summed E-state index contributed by atoms with van der Waals surface area (Å²) in [5.74, 6) is 0.306. The summed E-state index contributed by atoms with van der Waals surface area (Å²) >= 11 is 0. The van der Waals surface area contributed by atoms with E-state index in [1.165, 1.54) is 0 Å². The molecule has 8 heteroatoms. The number of rotatable bonds is 8. The molecule has 2 aromatic heterocycles. The molecule has 1 atom stereocenters. The van der Waals surface area contributed by atoms with E-state index in [2.05, 4.69) is 21.9 Å². The summed E-state index contributed by atoms with van der Waals surface area (Å²) < 4.78 is 18.6. The van der Waals surface area contributed by atoms with Gasteiger partial charge in [0.1, 0.15) is 0 Å². The number of aromatic nitrogens is 4. The van der Waals surface area contributed by atoms with E-state index in [9.17, 15) is 0 Å². The number of nitrogens with zero attached hydrogens (tertiary/aromatic N) is 4. The zero-order valence-electron chi connectivity index (χ0n) is 14.3. The van der Waals surface area contributed by atoms with Gasteiger partial charge < -0.3 is 19.9 Å². The van der Waals surface area contributed by atoms with Crippen molar-refractivity contribution in [3.8, 4) is 12.0 Å². The first-order chi connectivity index (χ1) is 11.7. The molecule has 0 amide bonds. The lowest BCUT2D eigenvalue weighted by Crippen LogP contribution is -2.12. The van der Waals surface area contributed by atoms with Gasteiger partial charge in [0, 0.05) is 13.2 Å². The minimum Gasteiger partial charge on any atom is -0.468 e. The van der Waals surface area contributed by atoms with Gasteiger partial charge >= 0.3 is 6.01 Å². The number of hydrogen-bond donors (Lipinski definition) is 1. The number of aryl methyl sites for hydroxylation is 1. The Morgan fingerprint density at radius 1 is 1.33 bits per heavy atom. The van der Waals surface area contributed by atoms with Gasteiger partial charge in [-0.1, -0.05) is 13.3 Å². The van der Waals surface area contributed by atoms with Gasteiger partial charge in [-0.3, -0.25) is 4.57 Å². The first-order valence-electron chi connectivity index (χ1n) is 8.55. The fraction of sp³-hybridized carbons (Fsp3) is 0.688. The van der Waals surface area contributed by atoms with Gasteiger partial charge in [-0.15, -0.1) is 0 Å². The van der Waals surface area contributed by atoms with Crippen molar-refractivity contribution in [1.29, 1.82) is 0 Å². The third-order valence-corrected chi connectivity index (χ3v) is 4.18. The lowest BCUT2D eigenvalue weighted by Gasteiger charge is -2.12. The van der Waals surface area contributed by atoms with Crippen molar-refractivity contribution in [3.05, 3.63) is 0 Å². The highest BCUT2D eigenvalue weighted by Gasteiger charge is 2.20. The molecule has 1 saturated heterocycles. The molecule has 3 heterocycles. The highest BCUT2D eigenvalue weighted by Crippen LogP contribution is 2.27. The number of anilines is 1. The summed E-state index contributed by atoms with van der Waals surface area (Å²) in [6, 6.07) is 0.768. The van der Waals surface area contributed by atoms with Crippen LogP contribution in [0.3, 0.4) is 0 Å². The second kappa shape index (κ2) is 7.65. The maximum Gasteiger partial charge on any atom is 0.320 e. The summed E-state index contributed by atoms with van der Waals surface area (Å²) in [6.07, 6.45) is 5.38. The Morgan fingerprint density at radius 3 is 2.92 bits per heavy atom. The zero-order chi connectivity index (χ0) is 16.9. The van der Waals surface area contributed by atoms with E-state index in [1.807, 2.05) is 4.57 Å². The molecule has 0 aliphatic carbocycles.